The van der Waals surface area contributed by atoms with E-state index in [1.165, 1.54) is 19.6 Å². The van der Waals surface area contributed by atoms with Gasteiger partial charge >= 0.3 is 7.82 Å². The average molecular weight is 439 g/mol. The van der Waals surface area contributed by atoms with Crippen LogP contribution in [-0.2, 0) is 23.7 Å². The molecule has 0 aliphatic heterocycles. The van der Waals surface area contributed by atoms with E-state index in [1.807, 2.05) is 0 Å². The largest absolute Gasteiger partial charge is 0.481 e. The number of aliphatic carboxylic acids is 4. The van der Waals surface area contributed by atoms with Crippen LogP contribution in [0.15, 0.2) is 0 Å². The second-order valence-corrected chi connectivity index (χ2v) is 5.24. The van der Waals surface area contributed by atoms with E-state index in [0.717, 1.165) is 27.7 Å². The van der Waals surface area contributed by atoms with E-state index in [9.17, 15) is 0 Å². The summed E-state index contributed by atoms with van der Waals surface area (Å²) in [4.78, 5) is 59.9. The van der Waals surface area contributed by atoms with Crippen LogP contribution in [0.1, 0.15) is 48.5 Å². The molecule has 28 heavy (non-hydrogen) atoms. The lowest BCUT2D eigenvalue weighted by Gasteiger charge is -2.13. The molecule has 13 nitrogen and oxygen atoms in total. The zero-order valence-corrected chi connectivity index (χ0v) is 18.1. The fraction of sp³-hybridized carbons (Fsp3) is 0.714. The minimum atomic E-state index is -4.64. The van der Waals surface area contributed by atoms with Gasteiger partial charge in [-0.2, -0.15) is 0 Å². The Bertz CT molecular complexity index is 354. The molecular weight excluding hydrogens is 405 g/mol. The second-order valence-electron chi connectivity index (χ2n) is 4.21. The van der Waals surface area contributed by atoms with Gasteiger partial charge in [0.05, 0.1) is 0 Å². The van der Waals surface area contributed by atoms with Crippen molar-refractivity contribution < 1.29 is 58.8 Å². The molecule has 0 radical (unpaired) electrons. The normalized spacial score (nSPS) is 8.25. The Morgan fingerprint density at radius 1 is 0.607 bits per heavy atom. The number of hydrogen-bond donors (Lipinski definition) is 7. The van der Waals surface area contributed by atoms with Crippen molar-refractivity contribution in [2.24, 2.45) is 0 Å². The molecule has 0 unspecified atom stereocenters. The van der Waals surface area contributed by atoms with Gasteiger partial charge < -0.3 is 40.0 Å². The number of nitrogens with zero attached hydrogens (tertiary/aromatic N) is 1. The van der Waals surface area contributed by atoms with Crippen molar-refractivity contribution in [3.63, 3.8) is 0 Å². The molecule has 0 aliphatic rings. The molecule has 7 N–H and O–H groups in total. The van der Waals surface area contributed by atoms with Crippen molar-refractivity contribution in [2.45, 2.75) is 48.5 Å². The molecule has 0 heterocycles. The number of carboxylic acids is 4. The minimum absolute atomic E-state index is 0.833. The van der Waals surface area contributed by atoms with Crippen molar-refractivity contribution in [2.75, 3.05) is 19.6 Å². The summed E-state index contributed by atoms with van der Waals surface area (Å²) in [5.74, 6) is -3.33. The summed E-state index contributed by atoms with van der Waals surface area (Å²) in [7, 11) is -4.64. The highest BCUT2D eigenvalue weighted by Gasteiger charge is 2.00. The van der Waals surface area contributed by atoms with Crippen LogP contribution in [-0.4, -0.2) is 83.5 Å². The van der Waals surface area contributed by atoms with E-state index in [0.29, 0.717) is 0 Å². The molecule has 0 spiro atoms. The van der Waals surface area contributed by atoms with Gasteiger partial charge in [-0.15, -0.1) is 0 Å². The first-order valence-corrected chi connectivity index (χ1v) is 9.13. The Kier molecular flexibility index (Phi) is 43.1. The second kappa shape index (κ2) is 29.7. The number of phosphoric acid groups is 1. The lowest BCUT2D eigenvalue weighted by atomic mass is 10.5. The first kappa shape index (κ1) is 40.6. The number of carboxylic acid groups (broad SMARTS) is 4. The zero-order chi connectivity index (χ0) is 24.5. The molecule has 0 bridgehead atoms. The molecule has 0 amide bonds. The lowest BCUT2D eigenvalue weighted by molar-refractivity contribution is -0.135. The smallest absolute Gasteiger partial charge is 0.466 e. The fourth-order valence-electron chi connectivity index (χ4n) is 0.671. The first-order chi connectivity index (χ1) is 12.3. The van der Waals surface area contributed by atoms with Gasteiger partial charge in [-0.3, -0.25) is 19.2 Å². The molecule has 0 aromatic rings. The van der Waals surface area contributed by atoms with Gasteiger partial charge in [0.1, 0.15) is 0 Å². The van der Waals surface area contributed by atoms with Crippen LogP contribution in [0.4, 0.5) is 0 Å². The Labute approximate surface area is 164 Å². The SMILES string of the molecule is CC(=O)O.CC(=O)O.CC(=O)O.CC(=O)O.CCN(CC)CC.O=P(O)(O)O. The van der Waals surface area contributed by atoms with Crippen LogP contribution >= 0.6 is 7.82 Å². The highest BCUT2D eigenvalue weighted by atomic mass is 31.2. The van der Waals surface area contributed by atoms with E-state index in [2.05, 4.69) is 25.7 Å². The highest BCUT2D eigenvalue weighted by molar-refractivity contribution is 7.45. The van der Waals surface area contributed by atoms with Gasteiger partial charge in [0.2, 0.25) is 0 Å². The molecule has 0 aromatic carbocycles. The zero-order valence-electron chi connectivity index (χ0n) is 17.2. The van der Waals surface area contributed by atoms with Gasteiger partial charge in [0.15, 0.2) is 0 Å². The molecular formula is C14H34NO12P. The molecule has 0 saturated heterocycles. The fourth-order valence-corrected chi connectivity index (χ4v) is 0.671. The Morgan fingerprint density at radius 2 is 0.679 bits per heavy atom. The van der Waals surface area contributed by atoms with Gasteiger partial charge in [-0.05, 0) is 19.6 Å². The van der Waals surface area contributed by atoms with Crippen LogP contribution < -0.4 is 0 Å². The topological polar surface area (TPSA) is 230 Å². The summed E-state index contributed by atoms with van der Waals surface area (Å²) in [5, 5.41) is 29.7. The molecule has 0 fully saturated rings. The third kappa shape index (κ3) is 808. The van der Waals surface area contributed by atoms with Crippen LogP contribution in [0, 0.1) is 0 Å². The van der Waals surface area contributed by atoms with Crippen LogP contribution in [0.3, 0.4) is 0 Å². The molecule has 0 aromatic heterocycles. The Balaban J connectivity index is -0.0000000528. The van der Waals surface area contributed by atoms with Crippen molar-refractivity contribution in [3.8, 4) is 0 Å². The molecule has 0 saturated carbocycles. The van der Waals surface area contributed by atoms with Gasteiger partial charge in [-0.25, -0.2) is 4.57 Å². The standard InChI is InChI=1S/C6H15N.4C2H4O2.H3O4P/c1-4-7(5-2)6-3;4*1-2(3)4;1-5(2,3)4/h4-6H2,1-3H3;4*1H3,(H,3,4);(H3,1,2,3,4). The Hall–Kier alpha value is -2.05. The molecule has 0 rings (SSSR count). The van der Waals surface area contributed by atoms with E-state index in [4.69, 9.17) is 58.8 Å². The maximum Gasteiger partial charge on any atom is 0.466 e. The predicted octanol–water partition coefficient (Wildman–Crippen LogP) is 0.783. The van der Waals surface area contributed by atoms with Crippen LogP contribution in [0.5, 0.6) is 0 Å². The number of rotatable bonds is 3. The summed E-state index contributed by atoms with van der Waals surface area (Å²) in [6.07, 6.45) is 0. The van der Waals surface area contributed by atoms with E-state index in [1.54, 1.807) is 0 Å². The first-order valence-electron chi connectivity index (χ1n) is 7.56. The van der Waals surface area contributed by atoms with Gasteiger partial charge in [0, 0.05) is 27.7 Å². The summed E-state index contributed by atoms with van der Waals surface area (Å²) in [6.45, 7) is 14.5. The summed E-state index contributed by atoms with van der Waals surface area (Å²) in [6, 6.07) is 0. The number of carbonyl (C=O) groups is 4. The van der Waals surface area contributed by atoms with E-state index >= 15 is 0 Å². The molecule has 0 atom stereocenters. The van der Waals surface area contributed by atoms with Gasteiger partial charge in [0.25, 0.3) is 23.9 Å². The summed E-state index contributed by atoms with van der Waals surface area (Å²) in [5.41, 5.74) is 0. The highest BCUT2D eigenvalue weighted by Crippen LogP contribution is 2.25. The number of hydrogen-bond acceptors (Lipinski definition) is 6. The molecule has 172 valence electrons. The van der Waals surface area contributed by atoms with Crippen LogP contribution in [0.25, 0.3) is 0 Å². The van der Waals surface area contributed by atoms with Crippen molar-refractivity contribution in [1.82, 2.24) is 4.90 Å². The minimum Gasteiger partial charge on any atom is -0.481 e. The maximum atomic E-state index is 9.00. The summed E-state index contributed by atoms with van der Waals surface area (Å²) >= 11 is 0. The average Bonchev–Trinajstić information content (AvgIpc) is 2.35. The van der Waals surface area contributed by atoms with Crippen molar-refractivity contribution in [3.05, 3.63) is 0 Å². The third-order valence-electron chi connectivity index (χ3n) is 1.34. The predicted molar refractivity (Wildman–Crippen MR) is 101 cm³/mol. The lowest BCUT2D eigenvalue weighted by Crippen LogP contribution is -2.21. The van der Waals surface area contributed by atoms with E-state index in [-0.39, 0.29) is 0 Å². The van der Waals surface area contributed by atoms with Gasteiger partial charge in [-0.1, -0.05) is 20.8 Å². The maximum absolute atomic E-state index is 9.00. The monoisotopic (exact) mass is 439 g/mol. The van der Waals surface area contributed by atoms with Crippen LogP contribution in [0.2, 0.25) is 0 Å². The molecule has 0 aliphatic carbocycles. The van der Waals surface area contributed by atoms with E-state index < -0.39 is 31.7 Å². The Morgan fingerprint density at radius 3 is 0.679 bits per heavy atom. The quantitative estimate of drug-likeness (QED) is 0.302. The molecule has 14 heteroatoms. The third-order valence-corrected chi connectivity index (χ3v) is 1.34. The summed E-state index contributed by atoms with van der Waals surface area (Å²) < 4.78 is 8.88. The van der Waals surface area contributed by atoms with Crippen molar-refractivity contribution in [1.29, 1.82) is 0 Å². The van der Waals surface area contributed by atoms with Crippen molar-refractivity contribution >= 4 is 31.7 Å².